The van der Waals surface area contributed by atoms with Crippen LogP contribution >= 0.6 is 22.9 Å². The molecule has 29 heavy (non-hydrogen) atoms. The average molecular weight is 435 g/mol. The highest BCUT2D eigenvalue weighted by atomic mass is 35.5. The number of anilines is 1. The number of rotatable bonds is 6. The average Bonchev–Trinajstić information content (AvgIpc) is 3.07. The van der Waals surface area contributed by atoms with Gasteiger partial charge in [-0.1, -0.05) is 36.8 Å². The molecule has 0 unspecified atom stereocenters. The Hall–Kier alpha value is -2.45. The first-order valence-electron chi connectivity index (χ1n) is 9.41. The lowest BCUT2D eigenvalue weighted by Crippen LogP contribution is -2.36. The Morgan fingerprint density at radius 2 is 1.97 bits per heavy atom. The molecule has 0 saturated carbocycles. The summed E-state index contributed by atoms with van der Waals surface area (Å²) in [4.78, 5) is 43.8. The van der Waals surface area contributed by atoms with E-state index in [0.29, 0.717) is 47.6 Å². The Bertz CT molecular complexity index is 911. The standard InChI is InChI=1S/C20H23ClN4O3S/c1-12(2)9-18(27)25-8-7-15-16(11-25)29-20(23-15)24-17(26)10-22-19(28)13-3-5-14(21)6-4-13/h3-6,12H,7-11H2,1-2H3,(H,22,28)(H,23,24,26). The van der Waals surface area contributed by atoms with E-state index in [4.69, 9.17) is 11.6 Å². The summed E-state index contributed by atoms with van der Waals surface area (Å²) in [5, 5.41) is 6.31. The van der Waals surface area contributed by atoms with Crippen LogP contribution in [-0.4, -0.2) is 40.7 Å². The molecule has 1 aromatic carbocycles. The van der Waals surface area contributed by atoms with E-state index in [9.17, 15) is 14.4 Å². The van der Waals surface area contributed by atoms with Gasteiger partial charge in [0.25, 0.3) is 5.91 Å². The number of hydrogen-bond acceptors (Lipinski definition) is 5. The molecular weight excluding hydrogens is 412 g/mol. The van der Waals surface area contributed by atoms with Crippen molar-refractivity contribution in [2.24, 2.45) is 5.92 Å². The lowest BCUT2D eigenvalue weighted by Gasteiger charge is -2.26. The van der Waals surface area contributed by atoms with Gasteiger partial charge in [-0.25, -0.2) is 4.98 Å². The van der Waals surface area contributed by atoms with Gasteiger partial charge in [0.05, 0.1) is 18.8 Å². The maximum Gasteiger partial charge on any atom is 0.251 e. The molecule has 3 amide bonds. The number of nitrogens with zero attached hydrogens (tertiary/aromatic N) is 2. The van der Waals surface area contributed by atoms with Crippen LogP contribution in [-0.2, 0) is 22.6 Å². The third kappa shape index (κ3) is 5.77. The highest BCUT2D eigenvalue weighted by Gasteiger charge is 2.24. The SMILES string of the molecule is CC(C)CC(=O)N1CCc2nc(NC(=O)CNC(=O)c3ccc(Cl)cc3)sc2C1. The fourth-order valence-corrected chi connectivity index (χ4v) is 4.13. The zero-order valence-electron chi connectivity index (χ0n) is 16.3. The van der Waals surface area contributed by atoms with Crippen molar-refractivity contribution in [3.8, 4) is 0 Å². The summed E-state index contributed by atoms with van der Waals surface area (Å²) < 4.78 is 0. The Balaban J connectivity index is 1.52. The van der Waals surface area contributed by atoms with Crippen molar-refractivity contribution in [3.05, 3.63) is 45.4 Å². The van der Waals surface area contributed by atoms with Gasteiger partial charge in [-0.3, -0.25) is 14.4 Å². The second-order valence-corrected chi connectivity index (χ2v) is 8.81. The number of amides is 3. The minimum atomic E-state index is -0.355. The molecule has 0 spiro atoms. The van der Waals surface area contributed by atoms with Crippen molar-refractivity contribution in [2.75, 3.05) is 18.4 Å². The first-order chi connectivity index (χ1) is 13.8. The smallest absolute Gasteiger partial charge is 0.251 e. The predicted molar refractivity (Wildman–Crippen MR) is 113 cm³/mol. The highest BCUT2D eigenvalue weighted by Crippen LogP contribution is 2.28. The molecule has 2 aromatic rings. The fraction of sp³-hybridized carbons (Fsp3) is 0.400. The summed E-state index contributed by atoms with van der Waals surface area (Å²) in [6.45, 7) is 5.07. The molecule has 0 fully saturated rings. The molecule has 3 rings (SSSR count). The van der Waals surface area contributed by atoms with Crippen LogP contribution in [0.15, 0.2) is 24.3 Å². The molecule has 0 saturated heterocycles. The first-order valence-corrected chi connectivity index (χ1v) is 10.6. The van der Waals surface area contributed by atoms with E-state index in [2.05, 4.69) is 15.6 Å². The molecule has 0 atom stereocenters. The molecule has 0 aliphatic carbocycles. The third-order valence-corrected chi connectivity index (χ3v) is 5.68. The number of thiazole rings is 1. The zero-order valence-corrected chi connectivity index (χ0v) is 17.9. The summed E-state index contributed by atoms with van der Waals surface area (Å²) in [5.41, 5.74) is 1.35. The number of fused-ring (bicyclic) bond motifs is 1. The van der Waals surface area contributed by atoms with Gasteiger partial charge in [0.15, 0.2) is 5.13 Å². The number of benzene rings is 1. The molecule has 154 valence electrons. The van der Waals surface area contributed by atoms with Crippen molar-refractivity contribution >= 4 is 45.8 Å². The van der Waals surface area contributed by atoms with Crippen molar-refractivity contribution in [2.45, 2.75) is 33.2 Å². The van der Waals surface area contributed by atoms with Gasteiger partial charge in [0, 0.05) is 34.8 Å². The summed E-state index contributed by atoms with van der Waals surface area (Å²) in [6, 6.07) is 6.42. The third-order valence-electron chi connectivity index (χ3n) is 4.43. The molecule has 2 heterocycles. The van der Waals surface area contributed by atoms with Gasteiger partial charge in [0.2, 0.25) is 11.8 Å². The topological polar surface area (TPSA) is 91.4 Å². The zero-order chi connectivity index (χ0) is 21.0. The lowest BCUT2D eigenvalue weighted by molar-refractivity contribution is -0.132. The monoisotopic (exact) mass is 434 g/mol. The van der Waals surface area contributed by atoms with Crippen molar-refractivity contribution in [1.82, 2.24) is 15.2 Å². The van der Waals surface area contributed by atoms with Crippen LogP contribution in [0.2, 0.25) is 5.02 Å². The number of nitrogens with one attached hydrogen (secondary N) is 2. The van der Waals surface area contributed by atoms with Crippen molar-refractivity contribution in [1.29, 1.82) is 0 Å². The van der Waals surface area contributed by atoms with E-state index in [1.165, 1.54) is 11.3 Å². The lowest BCUT2D eigenvalue weighted by atomic mass is 10.1. The van der Waals surface area contributed by atoms with Crippen molar-refractivity contribution in [3.63, 3.8) is 0 Å². The Labute approximate surface area is 178 Å². The van der Waals surface area contributed by atoms with Crippen LogP contribution in [0.25, 0.3) is 0 Å². The van der Waals surface area contributed by atoms with Crippen LogP contribution < -0.4 is 10.6 Å². The second-order valence-electron chi connectivity index (χ2n) is 7.29. The van der Waals surface area contributed by atoms with Gasteiger partial charge in [-0.15, -0.1) is 0 Å². The van der Waals surface area contributed by atoms with E-state index >= 15 is 0 Å². The number of carbonyl (C=O) groups is 3. The van der Waals surface area contributed by atoms with Crippen LogP contribution in [0, 0.1) is 5.92 Å². The maximum absolute atomic E-state index is 12.3. The van der Waals surface area contributed by atoms with E-state index in [1.54, 1.807) is 24.3 Å². The molecule has 0 radical (unpaired) electrons. The molecule has 1 aromatic heterocycles. The number of carbonyl (C=O) groups excluding carboxylic acids is 3. The van der Waals surface area contributed by atoms with Gasteiger partial charge < -0.3 is 15.5 Å². The Morgan fingerprint density at radius 3 is 2.66 bits per heavy atom. The van der Waals surface area contributed by atoms with Crippen LogP contribution in [0.3, 0.4) is 0 Å². The van der Waals surface area contributed by atoms with E-state index < -0.39 is 0 Å². The summed E-state index contributed by atoms with van der Waals surface area (Å²) in [6.07, 6.45) is 1.21. The van der Waals surface area contributed by atoms with Crippen molar-refractivity contribution < 1.29 is 14.4 Å². The normalized spacial score (nSPS) is 13.2. The molecule has 2 N–H and O–H groups in total. The first kappa shape index (κ1) is 21.3. The van der Waals surface area contributed by atoms with Gasteiger partial charge in [0.1, 0.15) is 0 Å². The van der Waals surface area contributed by atoms with Crippen LogP contribution in [0.4, 0.5) is 5.13 Å². The fourth-order valence-electron chi connectivity index (χ4n) is 2.97. The number of halogens is 1. The van der Waals surface area contributed by atoms with Crippen LogP contribution in [0.1, 0.15) is 41.2 Å². The van der Waals surface area contributed by atoms with E-state index in [0.717, 1.165) is 10.6 Å². The van der Waals surface area contributed by atoms with E-state index in [1.807, 2.05) is 18.7 Å². The van der Waals surface area contributed by atoms with Gasteiger partial charge >= 0.3 is 0 Å². The summed E-state index contributed by atoms with van der Waals surface area (Å²) in [7, 11) is 0. The second kappa shape index (κ2) is 9.37. The molecule has 7 nitrogen and oxygen atoms in total. The summed E-state index contributed by atoms with van der Waals surface area (Å²) in [5.74, 6) is -0.237. The van der Waals surface area contributed by atoms with Crippen LogP contribution in [0.5, 0.6) is 0 Å². The number of hydrogen-bond donors (Lipinski definition) is 2. The summed E-state index contributed by atoms with van der Waals surface area (Å²) >= 11 is 7.17. The predicted octanol–water partition coefficient (Wildman–Crippen LogP) is 3.10. The van der Waals surface area contributed by atoms with Gasteiger partial charge in [-0.2, -0.15) is 0 Å². The molecule has 1 aliphatic rings. The number of aromatic nitrogens is 1. The minimum Gasteiger partial charge on any atom is -0.343 e. The molecule has 9 heteroatoms. The minimum absolute atomic E-state index is 0.148. The molecular formula is C20H23ClN4O3S. The largest absolute Gasteiger partial charge is 0.343 e. The quantitative estimate of drug-likeness (QED) is 0.730. The molecule has 0 bridgehead atoms. The Morgan fingerprint density at radius 1 is 1.24 bits per heavy atom. The van der Waals surface area contributed by atoms with E-state index in [-0.39, 0.29) is 24.3 Å². The maximum atomic E-state index is 12.3. The Kier molecular flexibility index (Phi) is 6.87. The van der Waals surface area contributed by atoms with Gasteiger partial charge in [-0.05, 0) is 30.2 Å². The highest BCUT2D eigenvalue weighted by molar-refractivity contribution is 7.15. The molecule has 1 aliphatic heterocycles.